The predicted molar refractivity (Wildman–Crippen MR) is 78.8 cm³/mol. The first kappa shape index (κ1) is 16.2. The van der Waals surface area contributed by atoms with E-state index in [1.807, 2.05) is 0 Å². The average molecular weight is 350 g/mol. The van der Waals surface area contributed by atoms with E-state index in [9.17, 15) is 16.8 Å². The summed E-state index contributed by atoms with van der Waals surface area (Å²) in [6.07, 6.45) is 1.44. The van der Waals surface area contributed by atoms with E-state index >= 15 is 0 Å². The molecule has 0 spiro atoms. The number of hydrogen-bond acceptors (Lipinski definition) is 6. The Bertz CT molecular complexity index is 749. The first-order valence-electron chi connectivity index (χ1n) is 5.92. The second kappa shape index (κ2) is 6.71. The molecule has 0 saturated heterocycles. The molecule has 2 aromatic heterocycles. The molecule has 0 aromatic carbocycles. The summed E-state index contributed by atoms with van der Waals surface area (Å²) in [5, 5.41) is 1.64. The van der Waals surface area contributed by atoms with Gasteiger partial charge in [0.15, 0.2) is 0 Å². The van der Waals surface area contributed by atoms with E-state index < -0.39 is 20.0 Å². The van der Waals surface area contributed by atoms with Crippen LogP contribution in [-0.4, -0.2) is 29.1 Å². The molecule has 7 nitrogen and oxygen atoms in total. The van der Waals surface area contributed by atoms with Crippen molar-refractivity contribution in [2.75, 3.05) is 12.3 Å². The normalized spacial score (nSPS) is 12.6. The Balaban J connectivity index is 1.82. The highest BCUT2D eigenvalue weighted by atomic mass is 32.2. The minimum Gasteiger partial charge on any atom is -0.468 e. The fraction of sp³-hybridized carbons (Fsp3) is 0.273. The van der Waals surface area contributed by atoms with E-state index in [0.717, 1.165) is 11.3 Å². The maximum atomic E-state index is 11.8. The molecule has 2 N–H and O–H groups in total. The second-order valence-electron chi connectivity index (χ2n) is 4.05. The lowest BCUT2D eigenvalue weighted by Gasteiger charge is -2.06. The highest BCUT2D eigenvalue weighted by molar-refractivity contribution is 7.91. The summed E-state index contributed by atoms with van der Waals surface area (Å²) in [6.45, 7) is -0.166. The molecular weight excluding hydrogens is 336 g/mol. The third kappa shape index (κ3) is 4.93. The molecule has 0 fully saturated rings. The Morgan fingerprint density at radius 2 is 1.90 bits per heavy atom. The quantitative estimate of drug-likeness (QED) is 0.730. The van der Waals surface area contributed by atoms with E-state index in [1.54, 1.807) is 23.6 Å². The van der Waals surface area contributed by atoms with E-state index in [2.05, 4.69) is 9.44 Å². The van der Waals surface area contributed by atoms with E-state index in [0.29, 0.717) is 5.76 Å². The van der Waals surface area contributed by atoms with Crippen LogP contribution in [0.4, 0.5) is 0 Å². The lowest BCUT2D eigenvalue weighted by molar-refractivity contribution is 0.498. The van der Waals surface area contributed by atoms with Crippen molar-refractivity contribution < 1.29 is 21.3 Å². The van der Waals surface area contributed by atoms with Gasteiger partial charge in [-0.2, -0.15) is 0 Å². The van der Waals surface area contributed by atoms with Gasteiger partial charge in [-0.25, -0.2) is 26.3 Å². The molecule has 2 aromatic rings. The largest absolute Gasteiger partial charge is 0.468 e. The van der Waals surface area contributed by atoms with E-state index in [-0.39, 0.29) is 23.1 Å². The van der Waals surface area contributed by atoms with Gasteiger partial charge in [-0.1, -0.05) is 6.07 Å². The van der Waals surface area contributed by atoms with Gasteiger partial charge in [0.2, 0.25) is 20.0 Å². The number of sulfonamides is 2. The number of nitrogens with one attached hydrogen (secondary N) is 2. The highest BCUT2D eigenvalue weighted by Crippen LogP contribution is 2.14. The summed E-state index contributed by atoms with van der Waals surface area (Å²) < 4.78 is 56.7. The molecule has 0 radical (unpaired) electrons. The topological polar surface area (TPSA) is 105 Å². The molecule has 0 saturated carbocycles. The van der Waals surface area contributed by atoms with Gasteiger partial charge >= 0.3 is 0 Å². The summed E-state index contributed by atoms with van der Waals surface area (Å²) in [6, 6.07) is 6.36. The SMILES string of the molecule is O=S(=O)(CCNS(=O)(=O)c1cccs1)NCc1ccco1. The van der Waals surface area contributed by atoms with Gasteiger partial charge in [0, 0.05) is 6.54 Å². The van der Waals surface area contributed by atoms with Crippen molar-refractivity contribution in [3.8, 4) is 0 Å². The van der Waals surface area contributed by atoms with Crippen molar-refractivity contribution in [3.63, 3.8) is 0 Å². The van der Waals surface area contributed by atoms with Crippen molar-refractivity contribution in [2.24, 2.45) is 0 Å². The Morgan fingerprint density at radius 1 is 1.10 bits per heavy atom. The van der Waals surface area contributed by atoms with Crippen LogP contribution in [0.25, 0.3) is 0 Å². The zero-order valence-electron chi connectivity index (χ0n) is 10.9. The molecule has 0 aliphatic carbocycles. The summed E-state index contributed by atoms with van der Waals surface area (Å²) in [5.41, 5.74) is 0. The molecule has 0 atom stereocenters. The fourth-order valence-electron chi connectivity index (χ4n) is 1.46. The molecule has 2 rings (SSSR count). The standard InChI is InChI=1S/C11H14N2O5S3/c14-20(15,13-9-10-3-1-6-18-10)8-5-12-21(16,17)11-4-2-7-19-11/h1-4,6-7,12-13H,5,8-9H2. The molecule has 0 amide bonds. The van der Waals surface area contributed by atoms with Crippen molar-refractivity contribution in [2.45, 2.75) is 10.8 Å². The van der Waals surface area contributed by atoms with Gasteiger partial charge in [0.25, 0.3) is 0 Å². The van der Waals surface area contributed by atoms with Gasteiger partial charge in [0.1, 0.15) is 9.97 Å². The molecule has 21 heavy (non-hydrogen) atoms. The van der Waals surface area contributed by atoms with Crippen molar-refractivity contribution in [3.05, 3.63) is 41.7 Å². The Labute approximate surface area is 127 Å². The Morgan fingerprint density at radius 3 is 2.52 bits per heavy atom. The predicted octanol–water partition coefficient (Wildman–Crippen LogP) is 0.739. The minimum atomic E-state index is -3.64. The number of thiophene rings is 1. The van der Waals surface area contributed by atoms with Crippen LogP contribution in [0.15, 0.2) is 44.5 Å². The lowest BCUT2D eigenvalue weighted by atomic mass is 10.5. The Kier molecular flexibility index (Phi) is 5.17. The maximum absolute atomic E-state index is 11.8. The molecule has 0 aliphatic rings. The fourth-order valence-corrected chi connectivity index (χ4v) is 4.54. The zero-order chi connectivity index (χ0) is 15.3. The highest BCUT2D eigenvalue weighted by Gasteiger charge is 2.17. The van der Waals surface area contributed by atoms with E-state index in [1.165, 1.54) is 12.3 Å². The number of furan rings is 1. The second-order valence-corrected chi connectivity index (χ2v) is 8.92. The summed E-state index contributed by atoms with van der Waals surface area (Å²) in [7, 11) is -7.22. The molecule has 0 unspecified atom stereocenters. The van der Waals surface area contributed by atoms with Crippen LogP contribution in [0.2, 0.25) is 0 Å². The van der Waals surface area contributed by atoms with Crippen LogP contribution in [0.3, 0.4) is 0 Å². The number of rotatable bonds is 8. The van der Waals surface area contributed by atoms with Gasteiger partial charge in [0.05, 0.1) is 18.6 Å². The number of hydrogen-bond donors (Lipinski definition) is 2. The summed E-state index contributed by atoms with van der Waals surface area (Å²) >= 11 is 1.07. The third-order valence-corrected chi connectivity index (χ3v) is 6.65. The smallest absolute Gasteiger partial charge is 0.250 e. The monoisotopic (exact) mass is 350 g/mol. The van der Waals surface area contributed by atoms with Crippen LogP contribution in [0.1, 0.15) is 5.76 Å². The van der Waals surface area contributed by atoms with Gasteiger partial charge < -0.3 is 4.42 Å². The molecule has 0 aliphatic heterocycles. The van der Waals surface area contributed by atoms with Gasteiger partial charge in [-0.15, -0.1) is 11.3 Å². The molecule has 10 heteroatoms. The molecule has 2 heterocycles. The Hall–Kier alpha value is -1.20. The van der Waals surface area contributed by atoms with E-state index in [4.69, 9.17) is 4.42 Å². The first-order chi connectivity index (χ1) is 9.89. The maximum Gasteiger partial charge on any atom is 0.250 e. The van der Waals surface area contributed by atoms with Crippen LogP contribution < -0.4 is 9.44 Å². The van der Waals surface area contributed by atoms with Crippen molar-refractivity contribution >= 4 is 31.4 Å². The molecular formula is C11H14N2O5S3. The minimum absolute atomic E-state index is 0.0347. The van der Waals surface area contributed by atoms with Crippen molar-refractivity contribution in [1.29, 1.82) is 0 Å². The van der Waals surface area contributed by atoms with Crippen LogP contribution in [0, 0.1) is 0 Å². The van der Waals surface area contributed by atoms with Gasteiger partial charge in [-0.3, -0.25) is 0 Å². The summed E-state index contributed by atoms with van der Waals surface area (Å²) in [4.78, 5) is 0. The molecule has 0 bridgehead atoms. The van der Waals surface area contributed by atoms with Crippen LogP contribution in [0.5, 0.6) is 0 Å². The van der Waals surface area contributed by atoms with Gasteiger partial charge in [-0.05, 0) is 23.6 Å². The van der Waals surface area contributed by atoms with Crippen molar-refractivity contribution in [1.82, 2.24) is 9.44 Å². The first-order valence-corrected chi connectivity index (χ1v) is 9.93. The lowest BCUT2D eigenvalue weighted by Crippen LogP contribution is -2.34. The van der Waals surface area contributed by atoms with Crippen LogP contribution >= 0.6 is 11.3 Å². The average Bonchev–Trinajstić information content (AvgIpc) is 3.10. The molecule has 116 valence electrons. The third-order valence-electron chi connectivity index (χ3n) is 2.47. The summed E-state index contributed by atoms with van der Waals surface area (Å²) in [5.74, 6) is 0.135. The van der Waals surface area contributed by atoms with Crippen LogP contribution in [-0.2, 0) is 26.6 Å². The zero-order valence-corrected chi connectivity index (χ0v) is 13.3.